The van der Waals surface area contributed by atoms with E-state index in [1.807, 2.05) is 24.4 Å². The van der Waals surface area contributed by atoms with E-state index in [0.717, 1.165) is 28.6 Å². The monoisotopic (exact) mass is 300 g/mol. The molecule has 21 heavy (non-hydrogen) atoms. The standard InChI is InChI=1S/C16H20N4S/c1-2-9-20(10-3-1)11-12-21-16-7-6-15(18-19-16)14-5-4-8-17-13-14/h4-8,13H,1-3,9-12H2. The minimum atomic E-state index is 0.878. The molecule has 3 heterocycles. The Kier molecular flexibility index (Phi) is 5.18. The average Bonchev–Trinajstić information content (AvgIpc) is 2.57. The molecule has 0 spiro atoms. The fraction of sp³-hybridized carbons (Fsp3) is 0.438. The number of rotatable bonds is 5. The van der Waals surface area contributed by atoms with Gasteiger partial charge in [-0.3, -0.25) is 4.98 Å². The summed E-state index contributed by atoms with van der Waals surface area (Å²) in [5.41, 5.74) is 1.89. The van der Waals surface area contributed by atoms with Gasteiger partial charge < -0.3 is 4.90 Å². The van der Waals surface area contributed by atoms with E-state index in [-0.39, 0.29) is 0 Å². The molecule has 0 N–H and O–H groups in total. The molecule has 0 bridgehead atoms. The van der Waals surface area contributed by atoms with Gasteiger partial charge >= 0.3 is 0 Å². The van der Waals surface area contributed by atoms with Crippen LogP contribution < -0.4 is 0 Å². The fourth-order valence-corrected chi connectivity index (χ4v) is 3.35. The Morgan fingerprint density at radius 3 is 2.67 bits per heavy atom. The molecule has 3 rings (SSSR count). The zero-order chi connectivity index (χ0) is 14.3. The van der Waals surface area contributed by atoms with E-state index in [9.17, 15) is 0 Å². The van der Waals surface area contributed by atoms with E-state index in [4.69, 9.17) is 0 Å². The minimum Gasteiger partial charge on any atom is -0.303 e. The van der Waals surface area contributed by atoms with Crippen LogP contribution in [0.2, 0.25) is 0 Å². The fourth-order valence-electron chi connectivity index (χ4n) is 2.53. The van der Waals surface area contributed by atoms with Crippen LogP contribution in [0.4, 0.5) is 0 Å². The highest BCUT2D eigenvalue weighted by Crippen LogP contribution is 2.19. The van der Waals surface area contributed by atoms with Crippen molar-refractivity contribution in [2.24, 2.45) is 0 Å². The van der Waals surface area contributed by atoms with Crippen molar-refractivity contribution in [3.05, 3.63) is 36.7 Å². The van der Waals surface area contributed by atoms with E-state index >= 15 is 0 Å². The molecule has 4 nitrogen and oxygen atoms in total. The van der Waals surface area contributed by atoms with Crippen molar-refractivity contribution in [1.82, 2.24) is 20.1 Å². The van der Waals surface area contributed by atoms with Crippen molar-refractivity contribution in [3.8, 4) is 11.3 Å². The Bertz CT molecular complexity index is 538. The Hall–Kier alpha value is -1.46. The van der Waals surface area contributed by atoms with Gasteiger partial charge in [0.15, 0.2) is 0 Å². The molecule has 110 valence electrons. The Morgan fingerprint density at radius 2 is 1.95 bits per heavy atom. The third-order valence-electron chi connectivity index (χ3n) is 3.70. The van der Waals surface area contributed by atoms with Crippen LogP contribution in [0.1, 0.15) is 19.3 Å². The van der Waals surface area contributed by atoms with Crippen LogP contribution in [-0.2, 0) is 0 Å². The lowest BCUT2D eigenvalue weighted by molar-refractivity contribution is 0.242. The van der Waals surface area contributed by atoms with E-state index in [1.54, 1.807) is 18.0 Å². The highest BCUT2D eigenvalue weighted by Gasteiger charge is 2.09. The first kappa shape index (κ1) is 14.5. The van der Waals surface area contributed by atoms with Crippen molar-refractivity contribution in [3.63, 3.8) is 0 Å². The number of aromatic nitrogens is 3. The van der Waals surface area contributed by atoms with Crippen molar-refractivity contribution >= 4 is 11.8 Å². The highest BCUT2D eigenvalue weighted by molar-refractivity contribution is 7.99. The first-order chi connectivity index (χ1) is 10.4. The van der Waals surface area contributed by atoms with Crippen LogP contribution in [0.15, 0.2) is 41.7 Å². The Balaban J connectivity index is 1.50. The molecule has 1 aliphatic rings. The number of thioether (sulfide) groups is 1. The molecule has 0 unspecified atom stereocenters. The van der Waals surface area contributed by atoms with Gasteiger partial charge in [0.1, 0.15) is 5.03 Å². The zero-order valence-electron chi connectivity index (χ0n) is 12.1. The molecule has 1 saturated heterocycles. The summed E-state index contributed by atoms with van der Waals surface area (Å²) in [4.78, 5) is 6.66. The smallest absolute Gasteiger partial charge is 0.119 e. The molecule has 1 fully saturated rings. The van der Waals surface area contributed by atoms with Gasteiger partial charge in [0.05, 0.1) is 5.69 Å². The second kappa shape index (κ2) is 7.52. The van der Waals surface area contributed by atoms with Gasteiger partial charge in [-0.05, 0) is 50.2 Å². The summed E-state index contributed by atoms with van der Waals surface area (Å²) in [5, 5.41) is 9.59. The van der Waals surface area contributed by atoms with Gasteiger partial charge in [-0.2, -0.15) is 0 Å². The van der Waals surface area contributed by atoms with Gasteiger partial charge in [-0.15, -0.1) is 22.0 Å². The summed E-state index contributed by atoms with van der Waals surface area (Å²) in [6.07, 6.45) is 7.68. The Labute approximate surface area is 130 Å². The lowest BCUT2D eigenvalue weighted by Crippen LogP contribution is -2.31. The van der Waals surface area contributed by atoms with Crippen LogP contribution in [-0.4, -0.2) is 45.5 Å². The maximum absolute atomic E-state index is 4.30. The number of pyridine rings is 1. The summed E-state index contributed by atoms with van der Waals surface area (Å²) in [6.45, 7) is 3.66. The number of nitrogens with zero attached hydrogens (tertiary/aromatic N) is 4. The molecule has 1 aliphatic heterocycles. The van der Waals surface area contributed by atoms with E-state index < -0.39 is 0 Å². The van der Waals surface area contributed by atoms with Gasteiger partial charge in [-0.25, -0.2) is 0 Å². The molecule has 2 aromatic rings. The molecule has 0 saturated carbocycles. The topological polar surface area (TPSA) is 41.9 Å². The summed E-state index contributed by atoms with van der Waals surface area (Å²) < 4.78 is 0. The maximum Gasteiger partial charge on any atom is 0.119 e. The molecule has 0 amide bonds. The second-order valence-corrected chi connectivity index (χ2v) is 6.36. The first-order valence-corrected chi connectivity index (χ1v) is 8.50. The molecule has 5 heteroatoms. The van der Waals surface area contributed by atoms with E-state index in [2.05, 4.69) is 26.1 Å². The van der Waals surface area contributed by atoms with Crippen LogP contribution in [0, 0.1) is 0 Å². The van der Waals surface area contributed by atoms with Crippen LogP contribution in [0.3, 0.4) is 0 Å². The SMILES string of the molecule is c1cncc(-c2ccc(SCCN3CCCCC3)nn2)c1. The summed E-state index contributed by atoms with van der Waals surface area (Å²) in [7, 11) is 0. The molecule has 0 aromatic carbocycles. The zero-order valence-corrected chi connectivity index (χ0v) is 12.9. The van der Waals surface area contributed by atoms with Crippen LogP contribution in [0.25, 0.3) is 11.3 Å². The molecule has 0 radical (unpaired) electrons. The van der Waals surface area contributed by atoms with E-state index in [1.165, 1.54) is 32.4 Å². The van der Waals surface area contributed by atoms with Crippen LogP contribution >= 0.6 is 11.8 Å². The average molecular weight is 300 g/mol. The summed E-state index contributed by atoms with van der Waals surface area (Å²) in [6, 6.07) is 7.99. The van der Waals surface area contributed by atoms with Gasteiger partial charge in [0.25, 0.3) is 0 Å². The van der Waals surface area contributed by atoms with Crippen molar-refractivity contribution in [2.75, 3.05) is 25.4 Å². The molecular formula is C16H20N4S. The number of piperidine rings is 1. The predicted molar refractivity (Wildman–Crippen MR) is 86.3 cm³/mol. The predicted octanol–water partition coefficient (Wildman–Crippen LogP) is 3.12. The van der Waals surface area contributed by atoms with Crippen molar-refractivity contribution in [2.45, 2.75) is 24.3 Å². The molecule has 0 atom stereocenters. The molecule has 2 aromatic heterocycles. The lowest BCUT2D eigenvalue weighted by atomic mass is 10.1. The highest BCUT2D eigenvalue weighted by atomic mass is 32.2. The number of likely N-dealkylation sites (tertiary alicyclic amines) is 1. The number of hydrogen-bond donors (Lipinski definition) is 0. The summed E-state index contributed by atoms with van der Waals surface area (Å²) in [5.74, 6) is 1.08. The minimum absolute atomic E-state index is 0.878. The Morgan fingerprint density at radius 1 is 1.05 bits per heavy atom. The molecule has 0 aliphatic carbocycles. The molecular weight excluding hydrogens is 280 g/mol. The maximum atomic E-state index is 4.30. The first-order valence-electron chi connectivity index (χ1n) is 7.51. The van der Waals surface area contributed by atoms with Gasteiger partial charge in [0.2, 0.25) is 0 Å². The lowest BCUT2D eigenvalue weighted by Gasteiger charge is -2.25. The normalized spacial score (nSPS) is 16.0. The van der Waals surface area contributed by atoms with Gasteiger partial charge in [0, 0.05) is 30.3 Å². The quantitative estimate of drug-likeness (QED) is 0.794. The third-order valence-corrected chi connectivity index (χ3v) is 4.60. The number of hydrogen-bond acceptors (Lipinski definition) is 5. The van der Waals surface area contributed by atoms with Crippen molar-refractivity contribution < 1.29 is 0 Å². The third kappa shape index (κ3) is 4.25. The second-order valence-electron chi connectivity index (χ2n) is 5.25. The van der Waals surface area contributed by atoms with Gasteiger partial charge in [-0.1, -0.05) is 6.42 Å². The van der Waals surface area contributed by atoms with Crippen LogP contribution in [0.5, 0.6) is 0 Å². The van der Waals surface area contributed by atoms with E-state index in [0.29, 0.717) is 0 Å². The largest absolute Gasteiger partial charge is 0.303 e. The summed E-state index contributed by atoms with van der Waals surface area (Å²) >= 11 is 1.79. The van der Waals surface area contributed by atoms with Crippen molar-refractivity contribution in [1.29, 1.82) is 0 Å².